The highest BCUT2D eigenvalue weighted by Gasteiger charge is 2.43. The van der Waals surface area contributed by atoms with Crippen LogP contribution in [0.1, 0.15) is 0 Å². The van der Waals surface area contributed by atoms with Crippen molar-refractivity contribution >= 4 is 17.3 Å². The van der Waals surface area contributed by atoms with E-state index in [1.54, 1.807) is 0 Å². The molecule has 0 aromatic heterocycles. The predicted octanol–water partition coefficient (Wildman–Crippen LogP) is 2.93. The number of nitrogens with zero attached hydrogens (tertiary/aromatic N) is 1. The zero-order chi connectivity index (χ0) is 18.0. The van der Waals surface area contributed by atoms with Crippen molar-refractivity contribution in [3.8, 4) is 17.2 Å². The summed E-state index contributed by atoms with van der Waals surface area (Å²) < 4.78 is 39.6. The Morgan fingerprint density at radius 1 is 1.16 bits per heavy atom. The predicted molar refractivity (Wildman–Crippen MR) is 79.9 cm³/mol. The van der Waals surface area contributed by atoms with Gasteiger partial charge in [0.25, 0.3) is 11.6 Å². The van der Waals surface area contributed by atoms with Crippen LogP contribution in [0, 0.1) is 10.1 Å². The Morgan fingerprint density at radius 2 is 1.84 bits per heavy atom. The molecule has 8 nitrogen and oxygen atoms in total. The average Bonchev–Trinajstić information content (AvgIpc) is 2.86. The largest absolute Gasteiger partial charge is 0.586 e. The van der Waals surface area contributed by atoms with Gasteiger partial charge in [0.1, 0.15) is 5.75 Å². The number of hydrogen-bond acceptors (Lipinski definition) is 6. The highest BCUT2D eigenvalue weighted by Crippen LogP contribution is 2.42. The van der Waals surface area contributed by atoms with Crippen LogP contribution in [0.4, 0.5) is 20.2 Å². The van der Waals surface area contributed by atoms with Crippen LogP contribution in [0.15, 0.2) is 42.5 Å². The number of anilines is 1. The van der Waals surface area contributed by atoms with Gasteiger partial charge in [-0.1, -0.05) is 0 Å². The molecule has 0 atom stereocenters. The molecule has 10 heteroatoms. The fraction of sp³-hybridized carbons (Fsp3) is 0.133. The molecule has 0 saturated carbocycles. The van der Waals surface area contributed by atoms with Crippen LogP contribution >= 0.6 is 0 Å². The first-order valence-corrected chi connectivity index (χ1v) is 6.89. The van der Waals surface area contributed by atoms with Gasteiger partial charge in [0.2, 0.25) is 0 Å². The molecule has 1 aliphatic heterocycles. The number of carbonyl (C=O) groups is 1. The number of ether oxygens (including phenoxy) is 3. The van der Waals surface area contributed by atoms with Gasteiger partial charge in [0.05, 0.1) is 4.92 Å². The highest BCUT2D eigenvalue weighted by atomic mass is 19.3. The zero-order valence-corrected chi connectivity index (χ0v) is 12.4. The smallest absolute Gasteiger partial charge is 0.484 e. The van der Waals surface area contributed by atoms with Gasteiger partial charge >= 0.3 is 6.29 Å². The van der Waals surface area contributed by atoms with Crippen LogP contribution in [-0.4, -0.2) is 23.7 Å². The Labute approximate surface area is 139 Å². The van der Waals surface area contributed by atoms with Crippen molar-refractivity contribution in [1.29, 1.82) is 0 Å². The summed E-state index contributed by atoms with van der Waals surface area (Å²) >= 11 is 0. The van der Waals surface area contributed by atoms with E-state index in [9.17, 15) is 23.7 Å². The maximum absolute atomic E-state index is 12.9. The first kappa shape index (κ1) is 16.4. The summed E-state index contributed by atoms with van der Waals surface area (Å²) in [4.78, 5) is 21.8. The molecular weight excluding hydrogens is 342 g/mol. The number of nitro benzene ring substituents is 1. The third-order valence-corrected chi connectivity index (χ3v) is 3.10. The lowest BCUT2D eigenvalue weighted by Gasteiger charge is -2.08. The van der Waals surface area contributed by atoms with Gasteiger partial charge in [-0.25, -0.2) is 0 Å². The van der Waals surface area contributed by atoms with E-state index in [0.29, 0.717) is 0 Å². The van der Waals surface area contributed by atoms with Crippen LogP contribution in [0.3, 0.4) is 0 Å². The summed E-state index contributed by atoms with van der Waals surface area (Å²) in [6.07, 6.45) is -3.73. The Kier molecular flexibility index (Phi) is 4.09. The number of nitrogens with one attached hydrogen (secondary N) is 1. The number of hydrogen-bond donors (Lipinski definition) is 1. The number of amides is 1. The highest BCUT2D eigenvalue weighted by molar-refractivity contribution is 5.92. The summed E-state index contributed by atoms with van der Waals surface area (Å²) in [6.45, 7) is -0.373. The molecule has 0 spiro atoms. The molecule has 1 N–H and O–H groups in total. The number of halogens is 2. The van der Waals surface area contributed by atoms with Gasteiger partial charge < -0.3 is 19.5 Å². The Balaban J connectivity index is 1.56. The van der Waals surface area contributed by atoms with E-state index in [-0.39, 0.29) is 35.2 Å². The van der Waals surface area contributed by atoms with E-state index >= 15 is 0 Å². The molecule has 130 valence electrons. The molecule has 1 aliphatic rings. The Hall–Kier alpha value is -3.43. The molecule has 2 aromatic rings. The van der Waals surface area contributed by atoms with E-state index in [2.05, 4.69) is 14.8 Å². The molecule has 1 amide bonds. The minimum absolute atomic E-state index is 0.103. The summed E-state index contributed by atoms with van der Waals surface area (Å²) in [7, 11) is 0. The first-order chi connectivity index (χ1) is 11.8. The second kappa shape index (κ2) is 6.23. The molecule has 1 heterocycles. The van der Waals surface area contributed by atoms with Gasteiger partial charge in [0.15, 0.2) is 18.1 Å². The number of carbonyl (C=O) groups excluding carboxylic acids is 1. The summed E-state index contributed by atoms with van der Waals surface area (Å²) in [5, 5.41) is 13.0. The molecule has 0 saturated heterocycles. The van der Waals surface area contributed by atoms with E-state index in [1.165, 1.54) is 42.5 Å². The minimum atomic E-state index is -3.73. The normalized spacial score (nSPS) is 14.0. The number of non-ortho nitro benzene ring substituents is 1. The van der Waals surface area contributed by atoms with Crippen molar-refractivity contribution < 1.29 is 32.7 Å². The molecule has 3 rings (SSSR count). The van der Waals surface area contributed by atoms with Crippen molar-refractivity contribution in [1.82, 2.24) is 0 Å². The van der Waals surface area contributed by atoms with Gasteiger partial charge in [-0.3, -0.25) is 14.9 Å². The van der Waals surface area contributed by atoms with Crippen LogP contribution in [0.2, 0.25) is 0 Å². The molecule has 2 aromatic carbocycles. The topological polar surface area (TPSA) is 99.9 Å². The van der Waals surface area contributed by atoms with Crippen LogP contribution < -0.4 is 19.5 Å². The van der Waals surface area contributed by atoms with Crippen LogP contribution in [-0.2, 0) is 4.79 Å². The van der Waals surface area contributed by atoms with E-state index in [4.69, 9.17) is 4.74 Å². The second-order valence-corrected chi connectivity index (χ2v) is 4.92. The maximum Gasteiger partial charge on any atom is 0.586 e. The fourth-order valence-corrected chi connectivity index (χ4v) is 2.04. The van der Waals surface area contributed by atoms with Crippen LogP contribution in [0.25, 0.3) is 0 Å². The van der Waals surface area contributed by atoms with Gasteiger partial charge in [-0.15, -0.1) is 8.78 Å². The van der Waals surface area contributed by atoms with Gasteiger partial charge in [-0.2, -0.15) is 0 Å². The quantitative estimate of drug-likeness (QED) is 0.656. The van der Waals surface area contributed by atoms with Crippen molar-refractivity contribution in [2.24, 2.45) is 0 Å². The Bertz CT molecular complexity index is 825. The van der Waals surface area contributed by atoms with Crippen molar-refractivity contribution in [2.75, 3.05) is 11.9 Å². The van der Waals surface area contributed by atoms with Gasteiger partial charge in [0, 0.05) is 23.9 Å². The third kappa shape index (κ3) is 3.91. The summed E-state index contributed by atoms with van der Waals surface area (Å²) in [6, 6.07) is 9.00. The molecule has 0 aliphatic carbocycles. The number of nitro groups is 1. The monoisotopic (exact) mass is 352 g/mol. The second-order valence-electron chi connectivity index (χ2n) is 4.92. The minimum Gasteiger partial charge on any atom is -0.484 e. The van der Waals surface area contributed by atoms with E-state index in [0.717, 1.165) is 0 Å². The first-order valence-electron chi connectivity index (χ1n) is 6.89. The maximum atomic E-state index is 12.9. The molecule has 25 heavy (non-hydrogen) atoms. The zero-order valence-electron chi connectivity index (χ0n) is 12.4. The van der Waals surface area contributed by atoms with Crippen LogP contribution in [0.5, 0.6) is 17.2 Å². The van der Waals surface area contributed by atoms with Crippen molar-refractivity contribution in [3.05, 3.63) is 52.6 Å². The fourth-order valence-electron chi connectivity index (χ4n) is 2.04. The molecule has 0 bridgehead atoms. The Morgan fingerprint density at radius 3 is 2.52 bits per heavy atom. The lowest BCUT2D eigenvalue weighted by molar-refractivity contribution is -0.384. The summed E-state index contributed by atoms with van der Waals surface area (Å²) in [5.74, 6) is -0.612. The number of fused-ring (bicyclic) bond motifs is 1. The van der Waals surface area contributed by atoms with Crippen molar-refractivity contribution in [3.63, 3.8) is 0 Å². The molecule has 0 unspecified atom stereocenters. The number of rotatable bonds is 5. The lowest BCUT2D eigenvalue weighted by atomic mass is 10.3. The van der Waals surface area contributed by atoms with E-state index in [1.807, 2.05) is 0 Å². The lowest BCUT2D eigenvalue weighted by Crippen LogP contribution is -2.25. The van der Waals surface area contributed by atoms with E-state index < -0.39 is 17.1 Å². The SMILES string of the molecule is O=C(COc1ccc([N+](=O)[O-])cc1)Nc1ccc2c(c1)OC(F)(F)O2. The molecule has 0 radical (unpaired) electrons. The summed E-state index contributed by atoms with van der Waals surface area (Å²) in [5.41, 5.74) is 0.117. The third-order valence-electron chi connectivity index (χ3n) is 3.10. The number of alkyl halides is 2. The molecular formula is C15H10F2N2O6. The van der Waals surface area contributed by atoms with Crippen molar-refractivity contribution in [2.45, 2.75) is 6.29 Å². The average molecular weight is 352 g/mol. The van der Waals surface area contributed by atoms with Gasteiger partial charge in [-0.05, 0) is 24.3 Å². The standard InChI is InChI=1S/C15H10F2N2O6/c16-15(17)24-12-6-1-9(7-13(12)25-15)18-14(20)8-23-11-4-2-10(3-5-11)19(21)22/h1-7H,8H2,(H,18,20). The number of benzene rings is 2. The molecule has 0 fully saturated rings.